The van der Waals surface area contributed by atoms with Gasteiger partial charge in [0.2, 0.25) is 0 Å². The molecule has 0 aromatic heterocycles. The molecule has 0 saturated heterocycles. The van der Waals surface area contributed by atoms with Crippen molar-refractivity contribution < 1.29 is 34.4 Å². The van der Waals surface area contributed by atoms with E-state index in [0.717, 1.165) is 19.6 Å². The van der Waals surface area contributed by atoms with E-state index in [1.807, 2.05) is 20.8 Å². The number of esters is 1. The van der Waals surface area contributed by atoms with Gasteiger partial charge in [-0.1, -0.05) is 6.92 Å². The monoisotopic (exact) mass is 352 g/mol. The molecule has 0 aromatic rings. The Morgan fingerprint density at radius 3 is 1.50 bits per heavy atom. The number of aliphatic carboxylic acids is 1. The molecule has 24 heavy (non-hydrogen) atoms. The summed E-state index contributed by atoms with van der Waals surface area (Å²) in [6.45, 7) is 19.7. The topological polar surface area (TPSA) is 113 Å². The number of carbonyl (C=O) groups is 2. The quantitative estimate of drug-likeness (QED) is 0.454. The van der Waals surface area contributed by atoms with Crippen molar-refractivity contribution in [2.24, 2.45) is 0 Å². The molecule has 0 aliphatic carbocycles. The SMILES string of the molecule is C=C.C=C.CCCOC(=O)CCC(=O)O.CCOCC.OCCO. The van der Waals surface area contributed by atoms with Crippen LogP contribution in [0.3, 0.4) is 0 Å². The molecule has 0 fully saturated rings. The minimum Gasteiger partial charge on any atom is -0.481 e. The number of ether oxygens (including phenoxy) is 2. The maximum atomic E-state index is 10.6. The second-order valence-electron chi connectivity index (χ2n) is 3.34. The molecule has 0 radical (unpaired) electrons. The van der Waals surface area contributed by atoms with Crippen molar-refractivity contribution in [1.82, 2.24) is 0 Å². The molecule has 0 aliphatic heterocycles. The smallest absolute Gasteiger partial charge is 0.306 e. The molecule has 146 valence electrons. The maximum absolute atomic E-state index is 10.6. The van der Waals surface area contributed by atoms with Crippen LogP contribution in [0.15, 0.2) is 26.3 Å². The van der Waals surface area contributed by atoms with Gasteiger partial charge in [-0.05, 0) is 20.3 Å². The van der Waals surface area contributed by atoms with Crippen LogP contribution in [-0.2, 0) is 19.1 Å². The van der Waals surface area contributed by atoms with Crippen LogP contribution in [0.2, 0.25) is 0 Å². The van der Waals surface area contributed by atoms with Gasteiger partial charge in [-0.15, -0.1) is 26.3 Å². The largest absolute Gasteiger partial charge is 0.481 e. The molecule has 0 saturated carbocycles. The van der Waals surface area contributed by atoms with Gasteiger partial charge >= 0.3 is 11.9 Å². The summed E-state index contributed by atoms with van der Waals surface area (Å²) < 4.78 is 9.47. The molecule has 0 spiro atoms. The van der Waals surface area contributed by atoms with Gasteiger partial charge in [-0.25, -0.2) is 0 Å². The summed E-state index contributed by atoms with van der Waals surface area (Å²) in [5.41, 5.74) is 0. The Morgan fingerprint density at radius 1 is 0.875 bits per heavy atom. The molecule has 0 unspecified atom stereocenters. The lowest BCUT2D eigenvalue weighted by Gasteiger charge is -1.99. The van der Waals surface area contributed by atoms with Crippen LogP contribution < -0.4 is 0 Å². The number of carbonyl (C=O) groups excluding carboxylic acids is 1. The van der Waals surface area contributed by atoms with Crippen molar-refractivity contribution in [2.75, 3.05) is 33.0 Å². The molecule has 7 nitrogen and oxygen atoms in total. The summed E-state index contributed by atoms with van der Waals surface area (Å²) in [7, 11) is 0. The van der Waals surface area contributed by atoms with Crippen LogP contribution in [0, 0.1) is 0 Å². The third kappa shape index (κ3) is 71.3. The van der Waals surface area contributed by atoms with E-state index in [1.54, 1.807) is 0 Å². The van der Waals surface area contributed by atoms with Gasteiger partial charge in [0.1, 0.15) is 0 Å². The number of hydrogen-bond donors (Lipinski definition) is 3. The zero-order valence-corrected chi connectivity index (χ0v) is 15.5. The standard InChI is InChI=1S/C7H12O4.C4H10O.C2H6O2.2C2H4/c1-2-5-11-7(10)4-3-6(8)9;1-3-5-4-2;3-1-2-4;2*1-2/h2-5H2,1H3,(H,8,9);3-4H2,1-2H3;3-4H,1-2H2;2*1-2H2. The van der Waals surface area contributed by atoms with Crippen molar-refractivity contribution in [3.63, 3.8) is 0 Å². The van der Waals surface area contributed by atoms with Gasteiger partial charge in [0, 0.05) is 13.2 Å². The number of carboxylic acid groups (broad SMARTS) is 1. The minimum absolute atomic E-state index is 0.0324. The van der Waals surface area contributed by atoms with Gasteiger partial charge < -0.3 is 24.8 Å². The van der Waals surface area contributed by atoms with Crippen molar-refractivity contribution in [3.8, 4) is 0 Å². The third-order valence-electron chi connectivity index (χ3n) is 1.52. The highest BCUT2D eigenvalue weighted by Crippen LogP contribution is 1.93. The van der Waals surface area contributed by atoms with Gasteiger partial charge in [0.05, 0.1) is 32.7 Å². The van der Waals surface area contributed by atoms with Crippen molar-refractivity contribution >= 4 is 11.9 Å². The summed E-state index contributed by atoms with van der Waals surface area (Å²) in [6.07, 6.45) is 0.580. The number of rotatable bonds is 8. The fraction of sp³-hybridized carbons (Fsp3) is 0.647. The molecule has 0 atom stereocenters. The average Bonchev–Trinajstić information content (AvgIpc) is 2.63. The van der Waals surface area contributed by atoms with E-state index in [0.29, 0.717) is 6.61 Å². The van der Waals surface area contributed by atoms with Crippen LogP contribution in [0.5, 0.6) is 0 Å². The Labute approximate surface area is 146 Å². The summed E-state index contributed by atoms with van der Waals surface area (Å²) in [5.74, 6) is -1.41. The number of carboxylic acids is 1. The predicted octanol–water partition coefficient (Wildman–Crippen LogP) is 2.42. The first-order valence-electron chi connectivity index (χ1n) is 7.66. The molecule has 7 heteroatoms. The number of hydrogen-bond acceptors (Lipinski definition) is 6. The molecular weight excluding hydrogens is 316 g/mol. The number of aliphatic hydroxyl groups excluding tert-OH is 2. The molecule has 3 N–H and O–H groups in total. The van der Waals surface area contributed by atoms with Crippen LogP contribution >= 0.6 is 0 Å². The molecule has 0 bridgehead atoms. The average molecular weight is 352 g/mol. The van der Waals surface area contributed by atoms with E-state index in [2.05, 4.69) is 31.1 Å². The molecular formula is C17H36O7. The van der Waals surface area contributed by atoms with Gasteiger partial charge in [0.15, 0.2) is 0 Å². The number of aliphatic hydroxyl groups is 2. The predicted molar refractivity (Wildman–Crippen MR) is 97.0 cm³/mol. The van der Waals surface area contributed by atoms with E-state index >= 15 is 0 Å². The van der Waals surface area contributed by atoms with Crippen molar-refractivity contribution in [2.45, 2.75) is 40.0 Å². The van der Waals surface area contributed by atoms with E-state index < -0.39 is 11.9 Å². The highest BCUT2D eigenvalue weighted by Gasteiger charge is 2.04. The van der Waals surface area contributed by atoms with Gasteiger partial charge in [0.25, 0.3) is 0 Å². The zero-order valence-electron chi connectivity index (χ0n) is 15.5. The van der Waals surface area contributed by atoms with Crippen molar-refractivity contribution in [3.05, 3.63) is 26.3 Å². The first-order valence-corrected chi connectivity index (χ1v) is 7.66. The molecule has 0 aromatic carbocycles. The molecule has 0 amide bonds. The second kappa shape index (κ2) is 42.9. The summed E-state index contributed by atoms with van der Waals surface area (Å²) >= 11 is 0. The highest BCUT2D eigenvalue weighted by molar-refractivity contribution is 5.76. The van der Waals surface area contributed by atoms with E-state index in [1.165, 1.54) is 0 Å². The van der Waals surface area contributed by atoms with Crippen LogP contribution in [-0.4, -0.2) is 60.3 Å². The maximum Gasteiger partial charge on any atom is 0.306 e. The van der Waals surface area contributed by atoms with Crippen LogP contribution in [0.1, 0.15) is 40.0 Å². The fourth-order valence-electron chi connectivity index (χ4n) is 0.701. The van der Waals surface area contributed by atoms with Crippen LogP contribution in [0.4, 0.5) is 0 Å². The summed E-state index contributed by atoms with van der Waals surface area (Å²) in [4.78, 5) is 20.6. The third-order valence-corrected chi connectivity index (χ3v) is 1.52. The first-order chi connectivity index (χ1) is 11.5. The summed E-state index contributed by atoms with van der Waals surface area (Å²) in [6, 6.07) is 0. The van der Waals surface area contributed by atoms with Gasteiger partial charge in [-0.2, -0.15) is 0 Å². The molecule has 0 rings (SSSR count). The molecule has 0 heterocycles. The van der Waals surface area contributed by atoms with Crippen LogP contribution in [0.25, 0.3) is 0 Å². The van der Waals surface area contributed by atoms with E-state index in [-0.39, 0.29) is 26.1 Å². The Morgan fingerprint density at radius 2 is 1.29 bits per heavy atom. The van der Waals surface area contributed by atoms with Crippen molar-refractivity contribution in [1.29, 1.82) is 0 Å². The van der Waals surface area contributed by atoms with E-state index in [4.69, 9.17) is 20.1 Å². The second-order valence-corrected chi connectivity index (χ2v) is 3.34. The lowest BCUT2D eigenvalue weighted by molar-refractivity contribution is -0.147. The molecule has 0 aliphatic rings. The zero-order chi connectivity index (χ0) is 20.2. The Bertz CT molecular complexity index is 227. The Hall–Kier alpha value is -1.70. The Kier molecular flexibility index (Phi) is 60.5. The Balaban J connectivity index is -0.0000000773. The highest BCUT2D eigenvalue weighted by atomic mass is 16.5. The van der Waals surface area contributed by atoms with Gasteiger partial charge in [-0.3, -0.25) is 9.59 Å². The first kappa shape index (κ1) is 33.8. The fourth-order valence-corrected chi connectivity index (χ4v) is 0.701. The summed E-state index contributed by atoms with van der Waals surface area (Å²) in [5, 5.41) is 23.4. The normalized spacial score (nSPS) is 7.54. The van der Waals surface area contributed by atoms with E-state index in [9.17, 15) is 9.59 Å². The minimum atomic E-state index is -0.974. The lowest BCUT2D eigenvalue weighted by Crippen LogP contribution is -2.07. The lowest BCUT2D eigenvalue weighted by atomic mass is 10.3.